The van der Waals surface area contributed by atoms with Crippen LogP contribution in [0.25, 0.3) is 11.2 Å². The third kappa shape index (κ3) is 5.77. The van der Waals surface area contributed by atoms with Gasteiger partial charge in [0.1, 0.15) is 11.8 Å². The zero-order chi connectivity index (χ0) is 26.7. The lowest BCUT2D eigenvalue weighted by atomic mass is 9.71. The highest BCUT2D eigenvalue weighted by Crippen LogP contribution is 2.45. The second kappa shape index (κ2) is 10.6. The van der Waals surface area contributed by atoms with E-state index in [9.17, 15) is 4.79 Å². The van der Waals surface area contributed by atoms with Crippen LogP contribution in [0.2, 0.25) is 0 Å². The van der Waals surface area contributed by atoms with Gasteiger partial charge in [-0.25, -0.2) is 15.0 Å². The van der Waals surface area contributed by atoms with Crippen molar-refractivity contribution in [1.82, 2.24) is 29.1 Å². The summed E-state index contributed by atoms with van der Waals surface area (Å²) in [6, 6.07) is 0.347. The minimum absolute atomic E-state index is 0.120. The Balaban J connectivity index is 1.48. The first kappa shape index (κ1) is 26.2. The van der Waals surface area contributed by atoms with Gasteiger partial charge in [0.15, 0.2) is 16.2 Å². The highest BCUT2D eigenvalue weighted by atomic mass is 32.1. The summed E-state index contributed by atoms with van der Waals surface area (Å²) in [5, 5.41) is 0. The van der Waals surface area contributed by atoms with E-state index in [-0.39, 0.29) is 21.9 Å². The lowest BCUT2D eigenvalue weighted by Crippen LogP contribution is -2.25. The summed E-state index contributed by atoms with van der Waals surface area (Å²) in [6.07, 6.45) is 21.3. The molecule has 0 bridgehead atoms. The van der Waals surface area contributed by atoms with Gasteiger partial charge in [-0.2, -0.15) is 0 Å². The third-order valence-corrected chi connectivity index (χ3v) is 7.12. The molecule has 1 aliphatic carbocycles. The van der Waals surface area contributed by atoms with Crippen molar-refractivity contribution in [3.8, 4) is 0 Å². The van der Waals surface area contributed by atoms with Crippen LogP contribution in [0.4, 0.5) is 5.95 Å². The summed E-state index contributed by atoms with van der Waals surface area (Å²) in [6.45, 7) is 10.8. The van der Waals surface area contributed by atoms with E-state index in [2.05, 4.69) is 64.4 Å². The number of hydrogen-bond donors (Lipinski definition) is 2. The van der Waals surface area contributed by atoms with Gasteiger partial charge >= 0.3 is 0 Å². The van der Waals surface area contributed by atoms with Crippen LogP contribution < -0.4 is 5.73 Å². The fraction of sp³-hybridized carbons (Fsp3) is 0.321. The molecule has 192 valence electrons. The number of nitrogens with zero attached hydrogens (tertiary/aromatic N) is 5. The van der Waals surface area contributed by atoms with Crippen LogP contribution in [0.3, 0.4) is 0 Å². The largest absolute Gasteiger partial charge is 0.369 e. The molecule has 1 aliphatic rings. The molecule has 3 aromatic rings. The number of carbonyl (C=O) groups is 1. The van der Waals surface area contributed by atoms with Crippen LogP contribution in [0.15, 0.2) is 83.8 Å². The van der Waals surface area contributed by atoms with Gasteiger partial charge in [0.2, 0.25) is 0 Å². The predicted molar refractivity (Wildman–Crippen MR) is 151 cm³/mol. The smallest absolute Gasteiger partial charge is 0.257 e. The first-order chi connectivity index (χ1) is 17.6. The number of fused-ring (bicyclic) bond motifs is 1. The molecule has 0 spiro atoms. The summed E-state index contributed by atoms with van der Waals surface area (Å²) < 4.78 is 3.84. The number of H-pyrrole nitrogens is 1. The minimum Gasteiger partial charge on any atom is -0.369 e. The summed E-state index contributed by atoms with van der Waals surface area (Å²) in [7, 11) is 0. The van der Waals surface area contributed by atoms with Crippen molar-refractivity contribution in [2.75, 3.05) is 5.73 Å². The van der Waals surface area contributed by atoms with E-state index >= 15 is 0 Å². The van der Waals surface area contributed by atoms with Crippen LogP contribution in [-0.2, 0) is 0 Å². The maximum Gasteiger partial charge on any atom is 0.257 e. The number of imidazole rings is 2. The van der Waals surface area contributed by atoms with Crippen LogP contribution in [0, 0.1) is 10.1 Å². The van der Waals surface area contributed by atoms with E-state index in [1.165, 1.54) is 22.0 Å². The average molecular weight is 516 g/mol. The molecular weight excluding hydrogens is 482 g/mol. The van der Waals surface area contributed by atoms with Crippen molar-refractivity contribution >= 4 is 35.2 Å². The molecule has 3 heterocycles. The molecule has 0 aliphatic heterocycles. The van der Waals surface area contributed by atoms with Crippen molar-refractivity contribution in [3.05, 3.63) is 88.4 Å². The molecule has 0 fully saturated rings. The zero-order valence-electron chi connectivity index (χ0n) is 21.9. The zero-order valence-corrected chi connectivity index (χ0v) is 22.7. The van der Waals surface area contributed by atoms with E-state index in [0.717, 1.165) is 24.0 Å². The SMILES string of the molecule is CC1=C(/C=C/C(C)=C/C=C/C(C)=C/C(=O)n2cnc3c(=S)nc(N)[nH]c32)C(C)(C)CCC1n1ccnc1. The van der Waals surface area contributed by atoms with Gasteiger partial charge in [-0.05, 0) is 55.7 Å². The lowest BCUT2D eigenvalue weighted by Gasteiger charge is -2.37. The van der Waals surface area contributed by atoms with Gasteiger partial charge in [-0.1, -0.05) is 62.0 Å². The van der Waals surface area contributed by atoms with Crippen LogP contribution in [0.1, 0.15) is 58.3 Å². The Hall–Kier alpha value is -3.85. The molecular formula is C28H33N7OS. The normalized spacial score (nSPS) is 19.0. The summed E-state index contributed by atoms with van der Waals surface area (Å²) in [4.78, 5) is 28.0. The second-order valence-electron chi connectivity index (χ2n) is 10.1. The molecule has 0 aromatic carbocycles. The number of anilines is 1. The fourth-order valence-corrected chi connectivity index (χ4v) is 5.03. The first-order valence-corrected chi connectivity index (χ1v) is 12.6. The van der Waals surface area contributed by atoms with Crippen LogP contribution in [-0.4, -0.2) is 35.0 Å². The molecule has 0 radical (unpaired) electrons. The number of nitrogen functional groups attached to an aromatic ring is 1. The standard InChI is InChI=1S/C28H33N7OS/c1-18(9-10-21-20(3)22(11-12-28(21,4)5)34-14-13-30-16-34)7-6-8-19(2)15-23(36)35-17-31-24-25(35)32-27(29)33-26(24)37/h6-10,13-17,22H,11-12H2,1-5H3,(H3,29,32,33,37)/b8-6+,10-9+,18-7+,19-15+. The second-order valence-corrected chi connectivity index (χ2v) is 10.5. The first-order valence-electron chi connectivity index (χ1n) is 12.2. The number of nitrogens with two attached hydrogens (primary N) is 1. The fourth-order valence-electron chi connectivity index (χ4n) is 4.78. The Morgan fingerprint density at radius 3 is 2.76 bits per heavy atom. The maximum atomic E-state index is 12.8. The molecule has 4 rings (SSSR count). The highest BCUT2D eigenvalue weighted by molar-refractivity contribution is 7.71. The number of nitrogens with one attached hydrogen (secondary N) is 1. The number of aromatic nitrogens is 6. The van der Waals surface area contributed by atoms with Crippen molar-refractivity contribution in [2.45, 2.75) is 53.5 Å². The summed E-state index contributed by atoms with van der Waals surface area (Å²) in [5.41, 5.74) is 11.4. The molecule has 8 nitrogen and oxygen atoms in total. The minimum atomic E-state index is -0.254. The van der Waals surface area contributed by atoms with E-state index < -0.39 is 0 Å². The quantitative estimate of drug-likeness (QED) is 0.227. The van der Waals surface area contributed by atoms with Crippen molar-refractivity contribution in [1.29, 1.82) is 0 Å². The van der Waals surface area contributed by atoms with Gasteiger partial charge in [-0.15, -0.1) is 0 Å². The van der Waals surface area contributed by atoms with Crippen molar-refractivity contribution in [3.63, 3.8) is 0 Å². The van der Waals surface area contributed by atoms with Crippen LogP contribution in [0.5, 0.6) is 0 Å². The Kier molecular flexibility index (Phi) is 7.54. The van der Waals surface area contributed by atoms with Crippen molar-refractivity contribution in [2.24, 2.45) is 5.41 Å². The number of carbonyl (C=O) groups excluding carboxylic acids is 1. The van der Waals surface area contributed by atoms with Gasteiger partial charge in [-0.3, -0.25) is 9.36 Å². The van der Waals surface area contributed by atoms with E-state index in [1.54, 1.807) is 6.08 Å². The number of hydrogen-bond acceptors (Lipinski definition) is 6. The number of allylic oxidation sites excluding steroid dienone is 10. The topological polar surface area (TPSA) is 107 Å². The molecule has 0 saturated heterocycles. The van der Waals surface area contributed by atoms with Gasteiger partial charge in [0.05, 0.1) is 12.4 Å². The molecule has 1 unspecified atom stereocenters. The average Bonchev–Trinajstić information content (AvgIpc) is 3.49. The Labute approximate surface area is 222 Å². The Morgan fingerprint density at radius 1 is 1.24 bits per heavy atom. The number of rotatable bonds is 6. The highest BCUT2D eigenvalue weighted by Gasteiger charge is 2.32. The van der Waals surface area contributed by atoms with Gasteiger partial charge in [0, 0.05) is 18.5 Å². The Morgan fingerprint density at radius 2 is 2.03 bits per heavy atom. The molecule has 9 heteroatoms. The van der Waals surface area contributed by atoms with Crippen LogP contribution >= 0.6 is 12.2 Å². The van der Waals surface area contributed by atoms with Crippen molar-refractivity contribution < 1.29 is 4.79 Å². The van der Waals surface area contributed by atoms with Gasteiger partial charge < -0.3 is 15.3 Å². The summed E-state index contributed by atoms with van der Waals surface area (Å²) in [5.74, 6) is -0.114. The molecule has 0 amide bonds. The predicted octanol–water partition coefficient (Wildman–Crippen LogP) is 6.29. The summed E-state index contributed by atoms with van der Waals surface area (Å²) >= 11 is 5.17. The van der Waals surface area contributed by atoms with E-state index in [4.69, 9.17) is 18.0 Å². The Bertz CT molecular complexity index is 1530. The molecule has 0 saturated carbocycles. The lowest BCUT2D eigenvalue weighted by molar-refractivity contribution is 0.0972. The number of aromatic amines is 1. The van der Waals surface area contributed by atoms with E-state index in [1.807, 2.05) is 43.9 Å². The maximum absolute atomic E-state index is 12.8. The molecule has 37 heavy (non-hydrogen) atoms. The van der Waals surface area contributed by atoms with Gasteiger partial charge in [0.25, 0.3) is 5.91 Å². The third-order valence-electron chi connectivity index (χ3n) is 6.84. The molecule has 1 atom stereocenters. The molecule has 3 aromatic heterocycles. The monoisotopic (exact) mass is 515 g/mol. The molecule has 3 N–H and O–H groups in total. The van der Waals surface area contributed by atoms with E-state index in [0.29, 0.717) is 17.2 Å².